The lowest BCUT2D eigenvalue weighted by Crippen LogP contribution is -2.22. The minimum atomic E-state index is -1.16. The molecule has 2 N–H and O–H groups in total. The standard InChI is InChI=1S/C27H26F2N2O3/c1-3-5-19-12-17(4-2)13-23(26(19)34-16-20-14-21(28)8-11-24(20)29)25(27(32)33)31-22-9-6-18(15-30)7-10-22/h6-14,25,31H,3-5,16H2,1-2H3,(H,32,33)/t25-/m1/s1. The number of aryl methyl sites for hydroxylation is 2. The molecule has 0 heterocycles. The fourth-order valence-corrected chi connectivity index (χ4v) is 3.72. The van der Waals surface area contributed by atoms with Crippen molar-refractivity contribution in [3.8, 4) is 11.8 Å². The summed E-state index contributed by atoms with van der Waals surface area (Å²) in [5, 5.41) is 22.1. The lowest BCUT2D eigenvalue weighted by Gasteiger charge is -2.23. The second-order valence-corrected chi connectivity index (χ2v) is 7.91. The minimum absolute atomic E-state index is 0.0416. The van der Waals surface area contributed by atoms with Crippen molar-refractivity contribution in [1.82, 2.24) is 0 Å². The quantitative estimate of drug-likeness (QED) is 0.375. The molecule has 176 valence electrons. The van der Waals surface area contributed by atoms with Gasteiger partial charge < -0.3 is 15.2 Å². The van der Waals surface area contributed by atoms with Crippen molar-refractivity contribution < 1.29 is 23.4 Å². The maximum absolute atomic E-state index is 14.2. The molecule has 3 aromatic carbocycles. The average molecular weight is 465 g/mol. The maximum Gasteiger partial charge on any atom is 0.330 e. The zero-order valence-corrected chi connectivity index (χ0v) is 19.1. The molecule has 0 bridgehead atoms. The minimum Gasteiger partial charge on any atom is -0.488 e. The van der Waals surface area contributed by atoms with E-state index < -0.39 is 23.6 Å². The number of rotatable bonds is 10. The molecule has 34 heavy (non-hydrogen) atoms. The number of aliphatic carboxylic acids is 1. The Hall–Kier alpha value is -3.92. The van der Waals surface area contributed by atoms with Gasteiger partial charge in [0, 0.05) is 16.8 Å². The van der Waals surface area contributed by atoms with Crippen LogP contribution in [0.15, 0.2) is 54.6 Å². The second-order valence-electron chi connectivity index (χ2n) is 7.91. The third-order valence-electron chi connectivity index (χ3n) is 5.44. The SMILES string of the molecule is CCCc1cc(CC)cc([C@@H](Nc2ccc(C#N)cc2)C(=O)O)c1OCc1cc(F)ccc1F. The highest BCUT2D eigenvalue weighted by Gasteiger charge is 2.26. The molecule has 3 aromatic rings. The number of ether oxygens (including phenoxy) is 1. The summed E-state index contributed by atoms with van der Waals surface area (Å²) in [5.41, 5.74) is 3.16. The maximum atomic E-state index is 14.2. The van der Waals surface area contributed by atoms with Crippen molar-refractivity contribution in [1.29, 1.82) is 5.26 Å². The van der Waals surface area contributed by atoms with Crippen LogP contribution in [0.25, 0.3) is 0 Å². The van der Waals surface area contributed by atoms with Crippen LogP contribution in [0.1, 0.15) is 54.1 Å². The van der Waals surface area contributed by atoms with Crippen molar-refractivity contribution in [2.24, 2.45) is 0 Å². The monoisotopic (exact) mass is 464 g/mol. The molecular weight excluding hydrogens is 438 g/mol. The molecule has 0 unspecified atom stereocenters. The van der Waals surface area contributed by atoms with Crippen LogP contribution < -0.4 is 10.1 Å². The Balaban J connectivity index is 2.05. The summed E-state index contributed by atoms with van der Waals surface area (Å²) in [6, 6.07) is 14.2. The van der Waals surface area contributed by atoms with E-state index in [4.69, 9.17) is 10.00 Å². The molecule has 0 amide bonds. The Morgan fingerprint density at radius 2 is 1.82 bits per heavy atom. The van der Waals surface area contributed by atoms with Gasteiger partial charge in [-0.15, -0.1) is 0 Å². The highest BCUT2D eigenvalue weighted by Crippen LogP contribution is 2.35. The molecule has 0 fully saturated rings. The normalized spacial score (nSPS) is 11.5. The number of carbonyl (C=O) groups is 1. The smallest absolute Gasteiger partial charge is 0.330 e. The molecular formula is C27H26F2N2O3. The zero-order valence-electron chi connectivity index (χ0n) is 19.1. The summed E-state index contributed by atoms with van der Waals surface area (Å²) in [6.07, 6.45) is 2.11. The van der Waals surface area contributed by atoms with E-state index in [9.17, 15) is 18.7 Å². The van der Waals surface area contributed by atoms with Gasteiger partial charge in [-0.05, 0) is 72.5 Å². The topological polar surface area (TPSA) is 82.4 Å². The van der Waals surface area contributed by atoms with Crippen LogP contribution in [-0.4, -0.2) is 11.1 Å². The number of anilines is 1. The van der Waals surface area contributed by atoms with Crippen LogP contribution in [-0.2, 0) is 24.2 Å². The first kappa shape index (κ1) is 24.7. The van der Waals surface area contributed by atoms with E-state index in [1.165, 1.54) is 0 Å². The van der Waals surface area contributed by atoms with Crippen molar-refractivity contribution in [3.05, 3.63) is 94.0 Å². The van der Waals surface area contributed by atoms with Gasteiger partial charge in [-0.2, -0.15) is 5.26 Å². The predicted octanol–water partition coefficient (Wildman–Crippen LogP) is 6.17. The Bertz CT molecular complexity index is 1200. The molecule has 0 radical (unpaired) electrons. The molecule has 0 saturated carbocycles. The Morgan fingerprint density at radius 1 is 1.09 bits per heavy atom. The van der Waals surface area contributed by atoms with Gasteiger partial charge in [0.1, 0.15) is 24.0 Å². The van der Waals surface area contributed by atoms with Crippen molar-refractivity contribution in [3.63, 3.8) is 0 Å². The largest absolute Gasteiger partial charge is 0.488 e. The van der Waals surface area contributed by atoms with Crippen molar-refractivity contribution in [2.75, 3.05) is 5.32 Å². The molecule has 7 heteroatoms. The van der Waals surface area contributed by atoms with Gasteiger partial charge in [0.2, 0.25) is 0 Å². The number of nitrogens with one attached hydrogen (secondary N) is 1. The summed E-state index contributed by atoms with van der Waals surface area (Å²) in [4.78, 5) is 12.3. The number of hydrogen-bond donors (Lipinski definition) is 2. The third kappa shape index (κ3) is 5.90. The van der Waals surface area contributed by atoms with Gasteiger partial charge in [0.25, 0.3) is 0 Å². The Morgan fingerprint density at radius 3 is 2.44 bits per heavy atom. The predicted molar refractivity (Wildman–Crippen MR) is 126 cm³/mol. The second kappa shape index (κ2) is 11.3. The number of hydrogen-bond acceptors (Lipinski definition) is 4. The molecule has 3 rings (SSSR count). The van der Waals surface area contributed by atoms with Crippen LogP contribution in [0.3, 0.4) is 0 Å². The first-order valence-corrected chi connectivity index (χ1v) is 11.1. The van der Waals surface area contributed by atoms with Crippen molar-refractivity contribution in [2.45, 2.75) is 45.8 Å². The molecule has 5 nitrogen and oxygen atoms in total. The van der Waals surface area contributed by atoms with E-state index >= 15 is 0 Å². The number of nitriles is 1. The zero-order chi connectivity index (χ0) is 24.7. The van der Waals surface area contributed by atoms with E-state index in [1.54, 1.807) is 30.3 Å². The highest BCUT2D eigenvalue weighted by molar-refractivity contribution is 5.81. The van der Waals surface area contributed by atoms with Crippen LogP contribution in [0.5, 0.6) is 5.75 Å². The van der Waals surface area contributed by atoms with Crippen LogP contribution in [0.2, 0.25) is 0 Å². The van der Waals surface area contributed by atoms with E-state index in [-0.39, 0.29) is 12.2 Å². The molecule has 1 atom stereocenters. The van der Waals surface area contributed by atoms with E-state index in [0.717, 1.165) is 35.7 Å². The van der Waals surface area contributed by atoms with Crippen LogP contribution >= 0.6 is 0 Å². The number of carboxylic acid groups (broad SMARTS) is 1. The molecule has 0 aromatic heterocycles. The van der Waals surface area contributed by atoms with Crippen molar-refractivity contribution >= 4 is 11.7 Å². The van der Waals surface area contributed by atoms with Gasteiger partial charge in [-0.1, -0.05) is 26.3 Å². The molecule has 0 saturated heterocycles. The van der Waals surface area contributed by atoms with Gasteiger partial charge >= 0.3 is 5.97 Å². The number of halogens is 2. The van der Waals surface area contributed by atoms with Gasteiger partial charge in [0.05, 0.1) is 11.6 Å². The molecule has 0 spiro atoms. The van der Waals surface area contributed by atoms with Gasteiger partial charge in [-0.25, -0.2) is 13.6 Å². The lowest BCUT2D eigenvalue weighted by atomic mass is 9.95. The van der Waals surface area contributed by atoms with E-state index in [0.29, 0.717) is 35.4 Å². The molecule has 0 aliphatic rings. The number of nitrogens with zero attached hydrogens (tertiary/aromatic N) is 1. The summed E-state index contributed by atoms with van der Waals surface area (Å²) < 4.78 is 33.8. The first-order chi connectivity index (χ1) is 16.4. The number of carboxylic acids is 1. The third-order valence-corrected chi connectivity index (χ3v) is 5.44. The van der Waals surface area contributed by atoms with Gasteiger partial charge in [0.15, 0.2) is 6.04 Å². The summed E-state index contributed by atoms with van der Waals surface area (Å²) >= 11 is 0. The Kier molecular flexibility index (Phi) is 8.20. The van der Waals surface area contributed by atoms with E-state index in [1.807, 2.05) is 26.0 Å². The fraction of sp³-hybridized carbons (Fsp3) is 0.259. The summed E-state index contributed by atoms with van der Waals surface area (Å²) in [7, 11) is 0. The average Bonchev–Trinajstić information content (AvgIpc) is 2.83. The van der Waals surface area contributed by atoms with E-state index in [2.05, 4.69) is 5.32 Å². The molecule has 0 aliphatic heterocycles. The fourth-order valence-electron chi connectivity index (χ4n) is 3.72. The summed E-state index contributed by atoms with van der Waals surface area (Å²) in [6.45, 7) is 3.72. The lowest BCUT2D eigenvalue weighted by molar-refractivity contribution is -0.138. The molecule has 0 aliphatic carbocycles. The highest BCUT2D eigenvalue weighted by atomic mass is 19.1. The van der Waals surface area contributed by atoms with Crippen LogP contribution in [0.4, 0.5) is 14.5 Å². The first-order valence-electron chi connectivity index (χ1n) is 11.1. The number of benzene rings is 3. The summed E-state index contributed by atoms with van der Waals surface area (Å²) in [5.74, 6) is -1.96. The Labute approximate surface area is 197 Å². The van der Waals surface area contributed by atoms with Crippen LogP contribution in [0, 0.1) is 23.0 Å². The van der Waals surface area contributed by atoms with Gasteiger partial charge in [-0.3, -0.25) is 0 Å².